The predicted molar refractivity (Wildman–Crippen MR) is 278 cm³/mol. The largest absolute Gasteiger partial charge is 0.492 e. The first-order valence-corrected chi connectivity index (χ1v) is 27.2. The number of hydrogen-bond acceptors (Lipinski definition) is 12. The van der Waals surface area contributed by atoms with Crippen LogP contribution in [0.15, 0.2) is 89.5 Å². The van der Waals surface area contributed by atoms with E-state index in [4.69, 9.17) is 47.1 Å². The fraction of sp³-hybridized carbons (Fsp3) is 0.481. The van der Waals surface area contributed by atoms with Crippen LogP contribution in [0.25, 0.3) is 16.6 Å². The number of benzene rings is 3. The number of allylic oxidation sites excluding steroid dienone is 1. The highest BCUT2D eigenvalue weighted by atomic mass is 35.5. The zero-order chi connectivity index (χ0) is 49.5. The molecule has 1 amide bonds. The molecule has 1 saturated carbocycles. The van der Waals surface area contributed by atoms with E-state index >= 15 is 0 Å². The number of rotatable bonds is 9. The van der Waals surface area contributed by atoms with Crippen molar-refractivity contribution in [3.63, 3.8) is 0 Å². The maximum absolute atomic E-state index is 14.6. The molecule has 0 spiro atoms. The molecule has 10 rings (SSSR count). The number of amides is 1. The van der Waals surface area contributed by atoms with Gasteiger partial charge in [0, 0.05) is 68.2 Å². The van der Waals surface area contributed by atoms with Gasteiger partial charge in [-0.2, -0.15) is 4.98 Å². The van der Waals surface area contributed by atoms with Crippen LogP contribution in [0, 0.1) is 11.3 Å². The molecule has 3 aliphatic heterocycles. The van der Waals surface area contributed by atoms with Gasteiger partial charge in [0.2, 0.25) is 5.88 Å². The van der Waals surface area contributed by atoms with Crippen LogP contribution in [-0.4, -0.2) is 118 Å². The number of carbonyl (C=O) groups excluding carboxylic acids is 1. The number of aromatic nitrogens is 2. The molecule has 5 aliphatic rings. The molecule has 5 heterocycles. The number of aromatic amines is 1. The van der Waals surface area contributed by atoms with Crippen molar-refractivity contribution in [2.24, 2.45) is 11.3 Å². The maximum Gasteiger partial charge on any atom is 0.267 e. The summed E-state index contributed by atoms with van der Waals surface area (Å²) in [6.07, 6.45) is 8.12. The molecular formula is C54H64Cl2N6O8S. The Morgan fingerprint density at radius 3 is 2.56 bits per heavy atom. The van der Waals surface area contributed by atoms with E-state index in [0.29, 0.717) is 106 Å². The highest BCUT2D eigenvalue weighted by Crippen LogP contribution is 2.46. The van der Waals surface area contributed by atoms with E-state index in [2.05, 4.69) is 45.5 Å². The fourth-order valence-corrected chi connectivity index (χ4v) is 12.3. The Morgan fingerprint density at radius 2 is 1.76 bits per heavy atom. The van der Waals surface area contributed by atoms with Gasteiger partial charge in [-0.05, 0) is 147 Å². The molecule has 0 unspecified atom stereocenters. The Balaban J connectivity index is 0.944. The minimum Gasteiger partial charge on any atom is -0.492 e. The molecule has 71 heavy (non-hydrogen) atoms. The average molecular weight is 1030 g/mol. The summed E-state index contributed by atoms with van der Waals surface area (Å²) in [5.74, 6) is 0.223. The van der Waals surface area contributed by atoms with Crippen molar-refractivity contribution in [3.05, 3.63) is 106 Å². The minimum atomic E-state index is -4.40. The second-order valence-corrected chi connectivity index (χ2v) is 23.5. The number of halogens is 2. The van der Waals surface area contributed by atoms with Crippen LogP contribution in [0.3, 0.4) is 0 Å². The van der Waals surface area contributed by atoms with Crippen LogP contribution in [0.2, 0.25) is 10.0 Å². The topological polar surface area (TPSA) is 159 Å². The quantitative estimate of drug-likeness (QED) is 0.129. The third-order valence-electron chi connectivity index (χ3n) is 14.9. The second kappa shape index (κ2) is 20.6. The number of sulfonamides is 1. The van der Waals surface area contributed by atoms with Crippen molar-refractivity contribution in [1.82, 2.24) is 19.6 Å². The van der Waals surface area contributed by atoms with E-state index in [0.717, 1.165) is 56.3 Å². The molecular weight excluding hydrogens is 964 g/mol. The monoisotopic (exact) mass is 1030 g/mol. The van der Waals surface area contributed by atoms with Crippen LogP contribution in [0.5, 0.6) is 11.6 Å². The molecule has 0 radical (unpaired) electrons. The molecule has 2 saturated heterocycles. The average Bonchev–Trinajstić information content (AvgIpc) is 3.69. The van der Waals surface area contributed by atoms with Crippen molar-refractivity contribution in [1.29, 1.82) is 0 Å². The zero-order valence-corrected chi connectivity index (χ0v) is 43.1. The Bertz CT molecular complexity index is 2900. The standard InChI is InChI=1S/C54H64Cl2N6O8S/c1-53(2)29-43(36-6-8-38(55)9-7-36)44-32-61-22-21-60(31-40(61)34-67-23-5-25-68-49(44)30-53)39-10-12-42(46(27-39)62-20-4-24-69-52-47(62)26-37-16-19-57-50(37)58-52)51(63)59-71(65,66)41-11-13-48(45(56)28-41)70-33-35-14-17-54(3,64)18-15-35/h6-13,16,19,26-28,35,40,49,64H,4-5,14-15,17-18,20-25,29-34H2,1-3H3,(H,57,58)(H,59,63)/t35?,40-,49+,54?/m0/s1. The van der Waals surface area contributed by atoms with Gasteiger partial charge in [0.1, 0.15) is 17.1 Å². The van der Waals surface area contributed by atoms with Crippen LogP contribution >= 0.6 is 23.2 Å². The lowest BCUT2D eigenvalue weighted by molar-refractivity contribution is 0.00152. The van der Waals surface area contributed by atoms with Crippen LogP contribution in [0.1, 0.15) is 88.1 Å². The van der Waals surface area contributed by atoms with Crippen molar-refractivity contribution < 1.29 is 37.3 Å². The number of fused-ring (bicyclic) bond motifs is 4. The molecule has 14 nitrogen and oxygen atoms in total. The molecule has 17 heteroatoms. The van der Waals surface area contributed by atoms with Gasteiger partial charge in [0.05, 0.1) is 58.7 Å². The summed E-state index contributed by atoms with van der Waals surface area (Å²) in [6.45, 7) is 12.4. The van der Waals surface area contributed by atoms with Crippen LogP contribution in [0.4, 0.5) is 17.1 Å². The second-order valence-electron chi connectivity index (χ2n) is 21.0. The molecule has 5 aromatic rings. The van der Waals surface area contributed by atoms with Gasteiger partial charge in [-0.3, -0.25) is 9.69 Å². The van der Waals surface area contributed by atoms with Crippen molar-refractivity contribution in [2.45, 2.75) is 94.8 Å². The molecule has 2 aromatic heterocycles. The number of nitrogens with zero attached hydrogens (tertiary/aromatic N) is 4. The van der Waals surface area contributed by atoms with Gasteiger partial charge in [0.25, 0.3) is 15.9 Å². The number of ether oxygens (including phenoxy) is 4. The minimum absolute atomic E-state index is 0.0173. The summed E-state index contributed by atoms with van der Waals surface area (Å²) >= 11 is 13.0. The number of hydrogen-bond donors (Lipinski definition) is 3. The van der Waals surface area contributed by atoms with Crippen LogP contribution in [-0.2, 0) is 19.5 Å². The van der Waals surface area contributed by atoms with E-state index in [9.17, 15) is 18.3 Å². The molecule has 3 aromatic carbocycles. The van der Waals surface area contributed by atoms with Gasteiger partial charge in [-0.1, -0.05) is 49.2 Å². The number of pyridine rings is 1. The summed E-state index contributed by atoms with van der Waals surface area (Å²) in [5.41, 5.74) is 6.15. The molecule has 3 N–H and O–H groups in total. The third kappa shape index (κ3) is 11.2. The highest BCUT2D eigenvalue weighted by molar-refractivity contribution is 7.90. The number of nitrogens with one attached hydrogen (secondary N) is 2. The smallest absolute Gasteiger partial charge is 0.267 e. The number of carbonyl (C=O) groups is 1. The lowest BCUT2D eigenvalue weighted by Gasteiger charge is -2.45. The Kier molecular flexibility index (Phi) is 14.4. The normalized spacial score (nSPS) is 24.5. The lowest BCUT2D eigenvalue weighted by Crippen LogP contribution is -2.56. The third-order valence-corrected chi connectivity index (χ3v) is 16.8. The van der Waals surface area contributed by atoms with Gasteiger partial charge in [0.15, 0.2) is 0 Å². The van der Waals surface area contributed by atoms with Gasteiger partial charge in [-0.15, -0.1) is 0 Å². The molecule has 0 bridgehead atoms. The number of piperazine rings is 1. The Labute approximate surface area is 426 Å². The van der Waals surface area contributed by atoms with Crippen molar-refractivity contribution >= 4 is 72.8 Å². The number of anilines is 3. The summed E-state index contributed by atoms with van der Waals surface area (Å²) in [5, 5.41) is 12.1. The van der Waals surface area contributed by atoms with Gasteiger partial charge >= 0.3 is 0 Å². The zero-order valence-electron chi connectivity index (χ0n) is 40.7. The fourth-order valence-electron chi connectivity index (χ4n) is 10.9. The van der Waals surface area contributed by atoms with E-state index in [1.54, 1.807) is 6.07 Å². The highest BCUT2D eigenvalue weighted by Gasteiger charge is 2.39. The SMILES string of the molecule is CC1(C)CC(c2ccc(Cl)cc2)=C2CN3CCN(c4ccc(C(=O)NS(=O)(=O)c5ccc(OCC6CCC(C)(O)CC6)c(Cl)c5)c(N5CCCOc6nc7[nH]ccc7cc65)c4)C[C@H]3COCCCO[C@@H]2C1. The maximum atomic E-state index is 14.6. The summed E-state index contributed by atoms with van der Waals surface area (Å²) in [7, 11) is -4.40. The molecule has 2 aliphatic carbocycles. The first kappa shape index (κ1) is 49.7. The number of aliphatic hydroxyl groups is 1. The van der Waals surface area contributed by atoms with Crippen molar-refractivity contribution in [3.8, 4) is 11.6 Å². The first-order valence-electron chi connectivity index (χ1n) is 25.0. The summed E-state index contributed by atoms with van der Waals surface area (Å²) in [4.78, 5) is 29.3. The van der Waals surface area contributed by atoms with Gasteiger partial charge in [-0.25, -0.2) is 13.1 Å². The van der Waals surface area contributed by atoms with E-state index in [-0.39, 0.29) is 39.0 Å². The predicted octanol–water partition coefficient (Wildman–Crippen LogP) is 9.80. The lowest BCUT2D eigenvalue weighted by atomic mass is 9.71. The van der Waals surface area contributed by atoms with Crippen LogP contribution < -0.4 is 24.0 Å². The molecule has 378 valence electrons. The van der Waals surface area contributed by atoms with E-state index in [1.165, 1.54) is 34.9 Å². The van der Waals surface area contributed by atoms with E-state index in [1.807, 2.05) is 54.4 Å². The van der Waals surface area contributed by atoms with Gasteiger partial charge < -0.3 is 38.8 Å². The Hall–Kier alpha value is -4.87. The summed E-state index contributed by atoms with van der Waals surface area (Å²) in [6, 6.07) is 22.0. The molecule has 2 atom stereocenters. The van der Waals surface area contributed by atoms with E-state index < -0.39 is 21.5 Å². The summed E-state index contributed by atoms with van der Waals surface area (Å²) < 4.78 is 55.8. The van der Waals surface area contributed by atoms with Crippen molar-refractivity contribution in [2.75, 3.05) is 75.6 Å². The Morgan fingerprint density at radius 1 is 0.944 bits per heavy atom. The molecule has 3 fully saturated rings. The number of H-pyrrole nitrogens is 1. The first-order chi connectivity index (χ1) is 34.1.